The van der Waals surface area contributed by atoms with Crippen LogP contribution in [0.5, 0.6) is 0 Å². The lowest BCUT2D eigenvalue weighted by Gasteiger charge is -2.28. The molecule has 5 N–H and O–H groups in total. The molecule has 1 aromatic heterocycles. The van der Waals surface area contributed by atoms with E-state index in [1.807, 2.05) is 0 Å². The van der Waals surface area contributed by atoms with Crippen LogP contribution in [0.15, 0.2) is 28.9 Å². The number of nitrogens with one attached hydrogen (secondary N) is 2. The fourth-order valence-electron chi connectivity index (χ4n) is 3.41. The van der Waals surface area contributed by atoms with Gasteiger partial charge in [-0.05, 0) is 37.8 Å². The second-order valence-electron chi connectivity index (χ2n) is 6.98. The number of aliphatic hydroxyl groups is 1. The van der Waals surface area contributed by atoms with Gasteiger partial charge in [-0.3, -0.25) is 10.2 Å². The van der Waals surface area contributed by atoms with Gasteiger partial charge in [0.2, 0.25) is 0 Å². The number of esters is 1. The number of rotatable bonds is 8. The first-order valence-electron chi connectivity index (χ1n) is 9.52. The van der Waals surface area contributed by atoms with Crippen molar-refractivity contribution < 1.29 is 28.6 Å². The predicted molar refractivity (Wildman–Crippen MR) is 105 cm³/mol. The van der Waals surface area contributed by atoms with E-state index in [1.54, 1.807) is 18.2 Å². The van der Waals surface area contributed by atoms with E-state index in [4.69, 9.17) is 30.1 Å². The number of ether oxygens (including phenoxy) is 2. The number of carbonyl (C=O) groups is 2. The molecule has 9 heteroatoms. The van der Waals surface area contributed by atoms with Crippen molar-refractivity contribution in [3.05, 3.63) is 35.8 Å². The molecule has 9 nitrogen and oxygen atoms in total. The Balaban J connectivity index is 1.49. The SMILES string of the molecule is N=C(N)c1ccc2c(C(=O)NC3CCC(OCC(=O)OCCO)CC3)occ2c1. The molecule has 3 rings (SSSR count). The van der Waals surface area contributed by atoms with Crippen LogP contribution in [0, 0.1) is 5.41 Å². The van der Waals surface area contributed by atoms with Crippen molar-refractivity contribution >= 4 is 28.5 Å². The van der Waals surface area contributed by atoms with Crippen molar-refractivity contribution in [3.63, 3.8) is 0 Å². The number of fused-ring (bicyclic) bond motifs is 1. The van der Waals surface area contributed by atoms with Gasteiger partial charge >= 0.3 is 5.97 Å². The Morgan fingerprint density at radius 1 is 1.28 bits per heavy atom. The number of furan rings is 1. The quantitative estimate of drug-likeness (QED) is 0.295. The zero-order chi connectivity index (χ0) is 20.8. The van der Waals surface area contributed by atoms with Gasteiger partial charge in [-0.25, -0.2) is 4.79 Å². The fraction of sp³-hybridized carbons (Fsp3) is 0.450. The average molecular weight is 403 g/mol. The molecular formula is C20H25N3O6. The number of amidine groups is 1. The number of aliphatic hydroxyl groups excluding tert-OH is 1. The van der Waals surface area contributed by atoms with Crippen LogP contribution in [0.4, 0.5) is 0 Å². The third-order valence-electron chi connectivity index (χ3n) is 4.92. The van der Waals surface area contributed by atoms with Gasteiger partial charge in [0.1, 0.15) is 19.0 Å². The molecule has 1 heterocycles. The van der Waals surface area contributed by atoms with Crippen LogP contribution < -0.4 is 11.1 Å². The Hall–Kier alpha value is -2.91. The molecule has 1 saturated carbocycles. The molecule has 0 radical (unpaired) electrons. The maximum atomic E-state index is 12.6. The van der Waals surface area contributed by atoms with E-state index in [1.165, 1.54) is 6.26 Å². The highest BCUT2D eigenvalue weighted by Gasteiger charge is 2.25. The van der Waals surface area contributed by atoms with Crippen molar-refractivity contribution in [3.8, 4) is 0 Å². The molecule has 0 atom stereocenters. The van der Waals surface area contributed by atoms with Gasteiger partial charge in [-0.2, -0.15) is 0 Å². The molecule has 29 heavy (non-hydrogen) atoms. The summed E-state index contributed by atoms with van der Waals surface area (Å²) in [7, 11) is 0. The van der Waals surface area contributed by atoms with Crippen LogP contribution in [0.3, 0.4) is 0 Å². The number of benzene rings is 1. The molecular weight excluding hydrogens is 378 g/mol. The van der Waals surface area contributed by atoms with Crippen molar-refractivity contribution in [1.82, 2.24) is 5.32 Å². The highest BCUT2D eigenvalue weighted by molar-refractivity contribution is 6.07. The second-order valence-corrected chi connectivity index (χ2v) is 6.98. The van der Waals surface area contributed by atoms with Gasteiger partial charge in [0.05, 0.1) is 19.0 Å². The zero-order valence-electron chi connectivity index (χ0n) is 16.0. The van der Waals surface area contributed by atoms with Crippen LogP contribution in [0.1, 0.15) is 41.8 Å². The van der Waals surface area contributed by atoms with Crippen LogP contribution >= 0.6 is 0 Å². The Kier molecular flexibility index (Phi) is 6.84. The number of hydrogen-bond acceptors (Lipinski definition) is 7. The van der Waals surface area contributed by atoms with Crippen LogP contribution in [-0.2, 0) is 14.3 Å². The Morgan fingerprint density at radius 3 is 2.72 bits per heavy atom. The minimum Gasteiger partial charge on any atom is -0.462 e. The molecule has 0 spiro atoms. The molecule has 1 aromatic carbocycles. The van der Waals surface area contributed by atoms with Crippen LogP contribution in [-0.4, -0.2) is 54.8 Å². The molecule has 0 saturated heterocycles. The van der Waals surface area contributed by atoms with Gasteiger partial charge in [0, 0.05) is 22.4 Å². The van der Waals surface area contributed by atoms with E-state index in [2.05, 4.69) is 5.32 Å². The summed E-state index contributed by atoms with van der Waals surface area (Å²) in [6, 6.07) is 5.13. The van der Waals surface area contributed by atoms with E-state index in [9.17, 15) is 9.59 Å². The molecule has 1 aliphatic rings. The summed E-state index contributed by atoms with van der Waals surface area (Å²) in [6.45, 7) is -0.375. The number of amides is 1. The number of nitrogen functional groups attached to an aromatic ring is 1. The summed E-state index contributed by atoms with van der Waals surface area (Å²) < 4.78 is 15.7. The first-order valence-corrected chi connectivity index (χ1v) is 9.52. The topological polar surface area (TPSA) is 148 Å². The normalized spacial score (nSPS) is 19.1. The smallest absolute Gasteiger partial charge is 0.332 e. The van der Waals surface area contributed by atoms with E-state index in [0.717, 1.165) is 25.7 Å². The number of nitrogens with two attached hydrogens (primary N) is 1. The summed E-state index contributed by atoms with van der Waals surface area (Å²) in [4.78, 5) is 24.0. The van der Waals surface area contributed by atoms with Crippen molar-refractivity contribution in [1.29, 1.82) is 5.41 Å². The zero-order valence-corrected chi connectivity index (χ0v) is 16.0. The van der Waals surface area contributed by atoms with E-state index in [0.29, 0.717) is 16.3 Å². The molecule has 0 aliphatic heterocycles. The summed E-state index contributed by atoms with van der Waals surface area (Å²) in [5.41, 5.74) is 6.07. The standard InChI is InChI=1S/C20H25N3O6/c21-19(22)12-1-6-16-13(9-12)10-29-18(16)20(26)23-14-2-4-15(5-3-14)28-11-17(25)27-8-7-24/h1,6,9-10,14-15,24H,2-5,7-8,11H2,(H3,21,22)(H,23,26). The molecule has 1 fully saturated rings. The van der Waals surface area contributed by atoms with E-state index >= 15 is 0 Å². The Bertz CT molecular complexity index is 885. The first kappa shape index (κ1) is 20.8. The lowest BCUT2D eigenvalue weighted by atomic mass is 9.93. The lowest BCUT2D eigenvalue weighted by molar-refractivity contribution is -0.152. The van der Waals surface area contributed by atoms with E-state index < -0.39 is 5.97 Å². The summed E-state index contributed by atoms with van der Waals surface area (Å²) in [6.07, 6.45) is 4.33. The van der Waals surface area contributed by atoms with Crippen molar-refractivity contribution in [2.75, 3.05) is 19.8 Å². The Labute approximate surface area is 167 Å². The maximum absolute atomic E-state index is 12.6. The van der Waals surface area contributed by atoms with Gasteiger partial charge in [0.15, 0.2) is 5.76 Å². The highest BCUT2D eigenvalue weighted by atomic mass is 16.6. The van der Waals surface area contributed by atoms with Crippen molar-refractivity contribution in [2.24, 2.45) is 5.73 Å². The molecule has 1 aliphatic carbocycles. The summed E-state index contributed by atoms with van der Waals surface area (Å²) in [5.74, 6) is -0.584. The third-order valence-corrected chi connectivity index (χ3v) is 4.92. The number of hydrogen-bond donors (Lipinski definition) is 4. The van der Waals surface area contributed by atoms with Crippen LogP contribution in [0.25, 0.3) is 10.8 Å². The highest BCUT2D eigenvalue weighted by Crippen LogP contribution is 2.25. The Morgan fingerprint density at radius 2 is 2.03 bits per heavy atom. The summed E-state index contributed by atoms with van der Waals surface area (Å²) >= 11 is 0. The molecule has 0 bridgehead atoms. The van der Waals surface area contributed by atoms with Gasteiger partial charge in [-0.15, -0.1) is 0 Å². The minimum atomic E-state index is -0.493. The van der Waals surface area contributed by atoms with Gasteiger partial charge in [0.25, 0.3) is 5.91 Å². The molecule has 156 valence electrons. The van der Waals surface area contributed by atoms with Gasteiger partial charge < -0.3 is 30.0 Å². The minimum absolute atomic E-state index is 0.000309. The predicted octanol–water partition coefficient (Wildman–Crippen LogP) is 1.31. The third kappa shape index (κ3) is 5.33. The molecule has 1 amide bonds. The maximum Gasteiger partial charge on any atom is 0.332 e. The van der Waals surface area contributed by atoms with Crippen molar-refractivity contribution in [2.45, 2.75) is 37.8 Å². The average Bonchev–Trinajstić information content (AvgIpc) is 3.15. The molecule has 0 unspecified atom stereocenters. The van der Waals surface area contributed by atoms with Gasteiger partial charge in [-0.1, -0.05) is 6.07 Å². The second kappa shape index (κ2) is 9.53. The monoisotopic (exact) mass is 403 g/mol. The largest absolute Gasteiger partial charge is 0.462 e. The summed E-state index contributed by atoms with van der Waals surface area (Å²) in [5, 5.41) is 20.5. The first-order chi connectivity index (χ1) is 14.0. The molecule has 2 aromatic rings. The fourth-order valence-corrected chi connectivity index (χ4v) is 3.41. The van der Waals surface area contributed by atoms with E-state index in [-0.39, 0.29) is 49.5 Å². The lowest BCUT2D eigenvalue weighted by Crippen LogP contribution is -2.39. The number of carbonyl (C=O) groups excluding carboxylic acids is 2. The van der Waals surface area contributed by atoms with Crippen LogP contribution in [0.2, 0.25) is 0 Å².